The van der Waals surface area contributed by atoms with Gasteiger partial charge in [0.2, 0.25) is 5.91 Å². The molecular formula is C7H7IN2O2. The highest BCUT2D eigenvalue weighted by molar-refractivity contribution is 14.1. The van der Waals surface area contributed by atoms with Gasteiger partial charge in [0.1, 0.15) is 5.76 Å². The molecule has 1 amide bonds. The Morgan fingerprint density at radius 2 is 2.50 bits per heavy atom. The summed E-state index contributed by atoms with van der Waals surface area (Å²) in [5, 5.41) is 3.63. The van der Waals surface area contributed by atoms with Crippen molar-refractivity contribution in [3.8, 4) is 0 Å². The maximum absolute atomic E-state index is 10.4. The first kappa shape index (κ1) is 9.24. The summed E-state index contributed by atoms with van der Waals surface area (Å²) in [4.78, 5) is 10.4. The summed E-state index contributed by atoms with van der Waals surface area (Å²) >= 11 is 2.05. The van der Waals surface area contributed by atoms with E-state index in [0.29, 0.717) is 5.76 Å². The van der Waals surface area contributed by atoms with Crippen LogP contribution in [0.1, 0.15) is 12.7 Å². The topological polar surface area (TPSA) is 54.6 Å². The third kappa shape index (κ3) is 3.04. The molecule has 64 valence electrons. The molecule has 0 aliphatic carbocycles. The fourth-order valence-corrected chi connectivity index (χ4v) is 1.02. The fraction of sp³-hybridized carbons (Fsp3) is 0.143. The van der Waals surface area contributed by atoms with Crippen LogP contribution in [0.4, 0.5) is 0 Å². The molecule has 5 heteroatoms. The van der Waals surface area contributed by atoms with Gasteiger partial charge in [-0.25, -0.2) is 5.43 Å². The standard InChI is InChI=1S/C7H7IN2O2/c1-5(11)10-9-4-6-2-3-7(8)12-6/h2-4H,1H3,(H,10,11)/b9-4-. The van der Waals surface area contributed by atoms with Crippen molar-refractivity contribution in [3.05, 3.63) is 21.7 Å². The van der Waals surface area contributed by atoms with Crippen molar-refractivity contribution in [2.75, 3.05) is 0 Å². The van der Waals surface area contributed by atoms with Crippen molar-refractivity contribution < 1.29 is 9.21 Å². The van der Waals surface area contributed by atoms with Crippen molar-refractivity contribution in [2.45, 2.75) is 6.92 Å². The van der Waals surface area contributed by atoms with Gasteiger partial charge in [0.25, 0.3) is 0 Å². The Bertz CT molecular complexity index is 306. The van der Waals surface area contributed by atoms with Crippen molar-refractivity contribution in [1.82, 2.24) is 5.43 Å². The molecule has 1 rings (SSSR count). The normalized spacial score (nSPS) is 10.5. The summed E-state index contributed by atoms with van der Waals surface area (Å²) in [6.45, 7) is 1.39. The largest absolute Gasteiger partial charge is 0.449 e. The van der Waals surface area contributed by atoms with Crippen LogP contribution in [0.5, 0.6) is 0 Å². The van der Waals surface area contributed by atoms with Gasteiger partial charge in [-0.2, -0.15) is 5.10 Å². The number of rotatable bonds is 2. The van der Waals surface area contributed by atoms with Gasteiger partial charge >= 0.3 is 0 Å². The molecule has 0 saturated heterocycles. The molecule has 0 spiro atoms. The molecule has 0 atom stereocenters. The quantitative estimate of drug-likeness (QED) is 0.504. The van der Waals surface area contributed by atoms with Crippen LogP contribution in [0, 0.1) is 3.77 Å². The second-order valence-corrected chi connectivity index (χ2v) is 3.13. The summed E-state index contributed by atoms with van der Waals surface area (Å²) in [5.41, 5.74) is 2.27. The summed E-state index contributed by atoms with van der Waals surface area (Å²) in [5.74, 6) is 0.417. The predicted molar refractivity (Wildman–Crippen MR) is 52.8 cm³/mol. The minimum Gasteiger partial charge on any atom is -0.449 e. The number of carbonyl (C=O) groups excluding carboxylic acids is 1. The molecule has 0 radical (unpaired) electrons. The van der Waals surface area contributed by atoms with Gasteiger partial charge in [-0.15, -0.1) is 0 Å². The first-order valence-corrected chi connectivity index (χ1v) is 4.31. The number of furan rings is 1. The Morgan fingerprint density at radius 1 is 1.75 bits per heavy atom. The van der Waals surface area contributed by atoms with Gasteiger partial charge in [-0.05, 0) is 34.7 Å². The van der Waals surface area contributed by atoms with E-state index < -0.39 is 0 Å². The van der Waals surface area contributed by atoms with Crippen LogP contribution in [-0.2, 0) is 4.79 Å². The molecule has 0 bridgehead atoms. The Kier molecular flexibility index (Phi) is 3.27. The molecule has 1 aromatic rings. The predicted octanol–water partition coefficient (Wildman–Crippen LogP) is 1.35. The molecule has 0 aromatic carbocycles. The lowest BCUT2D eigenvalue weighted by Crippen LogP contribution is -2.12. The molecular weight excluding hydrogens is 271 g/mol. The highest BCUT2D eigenvalue weighted by Gasteiger charge is 1.93. The summed E-state index contributed by atoms with van der Waals surface area (Å²) in [7, 11) is 0. The van der Waals surface area contributed by atoms with Gasteiger partial charge in [0, 0.05) is 6.92 Å². The van der Waals surface area contributed by atoms with Gasteiger partial charge in [-0.1, -0.05) is 0 Å². The molecule has 12 heavy (non-hydrogen) atoms. The van der Waals surface area contributed by atoms with Crippen LogP contribution < -0.4 is 5.43 Å². The van der Waals surface area contributed by atoms with Crippen molar-refractivity contribution in [3.63, 3.8) is 0 Å². The van der Waals surface area contributed by atoms with E-state index in [1.165, 1.54) is 13.1 Å². The minimum atomic E-state index is -0.201. The second kappa shape index (κ2) is 4.24. The van der Waals surface area contributed by atoms with E-state index in [2.05, 4.69) is 33.1 Å². The molecule has 0 unspecified atom stereocenters. The van der Waals surface area contributed by atoms with Crippen molar-refractivity contribution >= 4 is 34.7 Å². The average Bonchev–Trinajstić information content (AvgIpc) is 2.35. The van der Waals surface area contributed by atoms with E-state index in [1.807, 2.05) is 6.07 Å². The van der Waals surface area contributed by atoms with Gasteiger partial charge < -0.3 is 4.42 Å². The Labute approximate surface area is 83.2 Å². The number of hydrazone groups is 1. The van der Waals surface area contributed by atoms with E-state index in [0.717, 1.165) is 3.77 Å². The SMILES string of the molecule is CC(=O)N/N=C\c1ccc(I)o1. The lowest BCUT2D eigenvalue weighted by atomic mass is 10.5. The molecule has 0 aliphatic heterocycles. The van der Waals surface area contributed by atoms with Crippen LogP contribution in [0.2, 0.25) is 0 Å². The van der Waals surface area contributed by atoms with E-state index in [-0.39, 0.29) is 5.91 Å². The molecule has 1 heterocycles. The van der Waals surface area contributed by atoms with E-state index in [1.54, 1.807) is 6.07 Å². The van der Waals surface area contributed by atoms with Gasteiger partial charge in [-0.3, -0.25) is 4.79 Å². The number of hydrogen-bond acceptors (Lipinski definition) is 3. The Morgan fingerprint density at radius 3 is 3.00 bits per heavy atom. The fourth-order valence-electron chi connectivity index (χ4n) is 0.584. The first-order valence-electron chi connectivity index (χ1n) is 3.23. The second-order valence-electron chi connectivity index (χ2n) is 2.07. The maximum Gasteiger partial charge on any atom is 0.236 e. The zero-order valence-corrected chi connectivity index (χ0v) is 8.53. The zero-order chi connectivity index (χ0) is 8.97. The summed E-state index contributed by atoms with van der Waals surface area (Å²) in [6, 6.07) is 3.59. The number of halogens is 1. The third-order valence-electron chi connectivity index (χ3n) is 1.01. The lowest BCUT2D eigenvalue weighted by molar-refractivity contribution is -0.118. The van der Waals surface area contributed by atoms with E-state index in [4.69, 9.17) is 4.42 Å². The van der Waals surface area contributed by atoms with Gasteiger partial charge in [0.15, 0.2) is 3.77 Å². The van der Waals surface area contributed by atoms with Crippen LogP contribution in [0.15, 0.2) is 21.7 Å². The number of carbonyl (C=O) groups is 1. The van der Waals surface area contributed by atoms with Crippen molar-refractivity contribution in [1.29, 1.82) is 0 Å². The molecule has 0 fully saturated rings. The lowest BCUT2D eigenvalue weighted by Gasteiger charge is -1.88. The summed E-state index contributed by atoms with van der Waals surface area (Å²) in [6.07, 6.45) is 1.45. The summed E-state index contributed by atoms with van der Waals surface area (Å²) < 4.78 is 5.94. The number of nitrogens with zero attached hydrogens (tertiary/aromatic N) is 1. The van der Waals surface area contributed by atoms with Crippen LogP contribution >= 0.6 is 22.6 Å². The third-order valence-corrected chi connectivity index (χ3v) is 1.59. The highest BCUT2D eigenvalue weighted by Crippen LogP contribution is 2.07. The number of hydrogen-bond donors (Lipinski definition) is 1. The Hall–Kier alpha value is -0.850. The molecule has 4 nitrogen and oxygen atoms in total. The molecule has 0 saturated carbocycles. The number of nitrogens with one attached hydrogen (secondary N) is 1. The van der Waals surface area contributed by atoms with Crippen LogP contribution in [0.25, 0.3) is 0 Å². The molecule has 1 N–H and O–H groups in total. The maximum atomic E-state index is 10.4. The minimum absolute atomic E-state index is 0.201. The van der Waals surface area contributed by atoms with E-state index >= 15 is 0 Å². The monoisotopic (exact) mass is 278 g/mol. The first-order chi connectivity index (χ1) is 5.68. The highest BCUT2D eigenvalue weighted by atomic mass is 127. The van der Waals surface area contributed by atoms with Gasteiger partial charge in [0.05, 0.1) is 6.21 Å². The molecule has 1 aromatic heterocycles. The van der Waals surface area contributed by atoms with Crippen molar-refractivity contribution in [2.24, 2.45) is 5.10 Å². The Balaban J connectivity index is 2.52. The average molecular weight is 278 g/mol. The number of amides is 1. The van der Waals surface area contributed by atoms with Crippen LogP contribution in [0.3, 0.4) is 0 Å². The smallest absolute Gasteiger partial charge is 0.236 e. The molecule has 0 aliphatic rings. The van der Waals surface area contributed by atoms with Crippen LogP contribution in [-0.4, -0.2) is 12.1 Å². The van der Waals surface area contributed by atoms with E-state index in [9.17, 15) is 4.79 Å². The zero-order valence-electron chi connectivity index (χ0n) is 6.37.